The van der Waals surface area contributed by atoms with Crippen LogP contribution >= 0.6 is 23.2 Å². The van der Waals surface area contributed by atoms with Gasteiger partial charge in [-0.15, -0.1) is 23.2 Å². The Morgan fingerprint density at radius 3 is 2.64 bits per heavy atom. The van der Waals surface area contributed by atoms with Gasteiger partial charge >= 0.3 is 6.09 Å². The minimum absolute atomic E-state index is 0.270. The monoisotopic (exact) mass is 241 g/mol. The van der Waals surface area contributed by atoms with Gasteiger partial charge in [0.05, 0.1) is 6.61 Å². The molecule has 0 atom stereocenters. The Kier molecular flexibility index (Phi) is 9.31. The number of hydrogen-bond acceptors (Lipinski definition) is 2. The highest BCUT2D eigenvalue weighted by molar-refractivity contribution is 6.44. The van der Waals surface area contributed by atoms with Gasteiger partial charge in [0.1, 0.15) is 4.84 Å². The molecule has 0 aromatic rings. The van der Waals surface area contributed by atoms with E-state index in [2.05, 4.69) is 5.32 Å². The van der Waals surface area contributed by atoms with E-state index in [9.17, 15) is 4.79 Å². The van der Waals surface area contributed by atoms with E-state index >= 15 is 0 Å². The van der Waals surface area contributed by atoms with E-state index < -0.39 is 0 Å². The Morgan fingerprint density at radius 2 is 2.07 bits per heavy atom. The molecule has 0 saturated heterocycles. The normalized spacial score (nSPS) is 10.3. The lowest BCUT2D eigenvalue weighted by Crippen LogP contribution is -2.25. The molecule has 0 unspecified atom stereocenters. The lowest BCUT2D eigenvalue weighted by molar-refractivity contribution is 0.152. The predicted octanol–water partition coefficient (Wildman–Crippen LogP) is 3.10. The number of hydrogen-bond donors (Lipinski definition) is 1. The summed E-state index contributed by atoms with van der Waals surface area (Å²) in [4.78, 5) is 10.5. The number of amides is 1. The number of carbonyl (C=O) groups is 1. The third-order valence-corrected chi connectivity index (χ3v) is 2.08. The van der Waals surface area contributed by atoms with Gasteiger partial charge in [-0.3, -0.25) is 0 Å². The number of nitrogens with one attached hydrogen (secondary N) is 1. The largest absolute Gasteiger partial charge is 0.450 e. The first kappa shape index (κ1) is 13.8. The van der Waals surface area contributed by atoms with Gasteiger partial charge in [0, 0.05) is 6.54 Å². The van der Waals surface area contributed by atoms with Crippen LogP contribution in [0.15, 0.2) is 0 Å². The average molecular weight is 242 g/mol. The molecule has 0 radical (unpaired) electrons. The zero-order valence-corrected chi connectivity index (χ0v) is 9.90. The van der Waals surface area contributed by atoms with E-state index in [-0.39, 0.29) is 10.9 Å². The van der Waals surface area contributed by atoms with Gasteiger partial charge in [-0.1, -0.05) is 12.8 Å². The summed E-state index contributed by atoms with van der Waals surface area (Å²) in [5.74, 6) is 0. The molecule has 5 heteroatoms. The van der Waals surface area contributed by atoms with Crippen molar-refractivity contribution in [2.45, 2.75) is 37.4 Å². The third-order valence-electron chi connectivity index (χ3n) is 1.64. The van der Waals surface area contributed by atoms with Gasteiger partial charge in [-0.2, -0.15) is 0 Å². The number of unbranched alkanes of at least 4 members (excludes halogenated alkanes) is 2. The molecule has 0 aliphatic rings. The van der Waals surface area contributed by atoms with Gasteiger partial charge in [-0.25, -0.2) is 4.79 Å². The molecule has 1 N–H and O–H groups in total. The zero-order chi connectivity index (χ0) is 10.8. The molecule has 0 aromatic carbocycles. The third kappa shape index (κ3) is 9.93. The molecule has 0 heterocycles. The fraction of sp³-hybridized carbons (Fsp3) is 0.889. The molecule has 3 nitrogen and oxygen atoms in total. The van der Waals surface area contributed by atoms with Crippen LogP contribution in [0.4, 0.5) is 4.79 Å². The molecule has 14 heavy (non-hydrogen) atoms. The number of alkyl halides is 2. The van der Waals surface area contributed by atoms with Gasteiger partial charge in [0.15, 0.2) is 0 Å². The minimum Gasteiger partial charge on any atom is -0.450 e. The fourth-order valence-corrected chi connectivity index (χ4v) is 1.28. The molecule has 0 bridgehead atoms. The second-order valence-electron chi connectivity index (χ2n) is 2.89. The molecule has 0 spiro atoms. The van der Waals surface area contributed by atoms with Crippen LogP contribution in [-0.2, 0) is 4.74 Å². The van der Waals surface area contributed by atoms with Crippen molar-refractivity contribution in [3.63, 3.8) is 0 Å². The van der Waals surface area contributed by atoms with E-state index in [1.807, 2.05) is 0 Å². The summed E-state index contributed by atoms with van der Waals surface area (Å²) >= 11 is 11.1. The molecule has 0 rings (SSSR count). The van der Waals surface area contributed by atoms with Crippen LogP contribution in [0.3, 0.4) is 0 Å². The van der Waals surface area contributed by atoms with E-state index in [1.54, 1.807) is 6.92 Å². The summed E-state index contributed by atoms with van der Waals surface area (Å²) in [5.41, 5.74) is 0. The topological polar surface area (TPSA) is 38.3 Å². The standard InChI is InChI=1S/C9H17Cl2NO2/c1-2-14-9(13)12-7-5-3-4-6-8(10)11/h8H,2-7H2,1H3,(H,12,13). The Hall–Kier alpha value is -0.150. The average Bonchev–Trinajstić information content (AvgIpc) is 2.11. The maximum absolute atomic E-state index is 10.8. The summed E-state index contributed by atoms with van der Waals surface area (Å²) in [6.07, 6.45) is 3.40. The molecular weight excluding hydrogens is 225 g/mol. The predicted molar refractivity (Wildman–Crippen MR) is 59.0 cm³/mol. The Labute approximate surface area is 95.1 Å². The summed E-state index contributed by atoms with van der Waals surface area (Å²) in [6.45, 7) is 2.83. The lowest BCUT2D eigenvalue weighted by atomic mass is 10.2. The summed E-state index contributed by atoms with van der Waals surface area (Å²) in [7, 11) is 0. The SMILES string of the molecule is CCOC(=O)NCCCCCC(Cl)Cl. The van der Waals surface area contributed by atoms with Gasteiger partial charge in [0.25, 0.3) is 0 Å². The minimum atomic E-state index is -0.347. The highest BCUT2D eigenvalue weighted by Crippen LogP contribution is 2.11. The highest BCUT2D eigenvalue weighted by Gasteiger charge is 2.00. The second kappa shape index (κ2) is 9.41. The molecular formula is C9H17Cl2NO2. The summed E-state index contributed by atoms with van der Waals surface area (Å²) < 4.78 is 4.69. The number of halogens is 2. The lowest BCUT2D eigenvalue weighted by Gasteiger charge is -2.04. The van der Waals surface area contributed by atoms with E-state index in [0.29, 0.717) is 13.2 Å². The van der Waals surface area contributed by atoms with Crippen LogP contribution in [0.25, 0.3) is 0 Å². The molecule has 0 aliphatic heterocycles. The van der Waals surface area contributed by atoms with Crippen LogP contribution in [0.2, 0.25) is 0 Å². The van der Waals surface area contributed by atoms with Crippen molar-refractivity contribution in [1.82, 2.24) is 5.32 Å². The van der Waals surface area contributed by atoms with Crippen LogP contribution in [0, 0.1) is 0 Å². The molecule has 0 aliphatic carbocycles. The van der Waals surface area contributed by atoms with Gasteiger partial charge in [0.2, 0.25) is 0 Å². The van der Waals surface area contributed by atoms with E-state index in [4.69, 9.17) is 27.9 Å². The van der Waals surface area contributed by atoms with Gasteiger partial charge < -0.3 is 10.1 Å². The van der Waals surface area contributed by atoms with Crippen molar-refractivity contribution < 1.29 is 9.53 Å². The van der Waals surface area contributed by atoms with Crippen LogP contribution in [0.1, 0.15) is 32.6 Å². The smallest absolute Gasteiger partial charge is 0.407 e. The van der Waals surface area contributed by atoms with Crippen molar-refractivity contribution in [1.29, 1.82) is 0 Å². The van der Waals surface area contributed by atoms with Crippen molar-refractivity contribution in [2.24, 2.45) is 0 Å². The first-order valence-corrected chi connectivity index (χ1v) is 5.73. The molecule has 0 aromatic heterocycles. The highest BCUT2D eigenvalue weighted by atomic mass is 35.5. The maximum atomic E-state index is 10.8. The van der Waals surface area contributed by atoms with Crippen molar-refractivity contribution >= 4 is 29.3 Å². The second-order valence-corrected chi connectivity index (χ2v) is 4.16. The Balaban J connectivity index is 3.09. The fourth-order valence-electron chi connectivity index (χ4n) is 0.973. The van der Waals surface area contributed by atoms with Crippen molar-refractivity contribution in [3.05, 3.63) is 0 Å². The van der Waals surface area contributed by atoms with Gasteiger partial charge in [-0.05, 0) is 19.8 Å². The summed E-state index contributed by atoms with van der Waals surface area (Å²) in [5, 5.41) is 2.64. The number of alkyl carbamates (subject to hydrolysis) is 1. The summed E-state index contributed by atoms with van der Waals surface area (Å²) in [6, 6.07) is 0. The van der Waals surface area contributed by atoms with E-state index in [1.165, 1.54) is 0 Å². The number of carbonyl (C=O) groups excluding carboxylic acids is 1. The molecule has 1 amide bonds. The quantitative estimate of drug-likeness (QED) is 0.550. The molecule has 0 saturated carbocycles. The van der Waals surface area contributed by atoms with Crippen LogP contribution in [-0.4, -0.2) is 24.1 Å². The number of rotatable bonds is 7. The molecule has 0 fully saturated rings. The van der Waals surface area contributed by atoms with Crippen LogP contribution in [0.5, 0.6) is 0 Å². The first-order valence-electron chi connectivity index (χ1n) is 4.85. The maximum Gasteiger partial charge on any atom is 0.407 e. The van der Waals surface area contributed by atoms with Crippen molar-refractivity contribution in [3.8, 4) is 0 Å². The van der Waals surface area contributed by atoms with Crippen molar-refractivity contribution in [2.75, 3.05) is 13.2 Å². The molecule has 84 valence electrons. The van der Waals surface area contributed by atoms with E-state index in [0.717, 1.165) is 25.7 Å². The van der Waals surface area contributed by atoms with Crippen LogP contribution < -0.4 is 5.32 Å². The zero-order valence-electron chi connectivity index (χ0n) is 8.39. The number of ether oxygens (including phenoxy) is 1. The Morgan fingerprint density at radius 1 is 1.36 bits per heavy atom. The first-order chi connectivity index (χ1) is 6.66. The Bertz CT molecular complexity index is 154.